The van der Waals surface area contributed by atoms with E-state index >= 15 is 0 Å². The van der Waals surface area contributed by atoms with Crippen molar-refractivity contribution in [1.29, 1.82) is 0 Å². The van der Waals surface area contributed by atoms with Crippen molar-refractivity contribution in [1.82, 2.24) is 19.3 Å². The summed E-state index contributed by atoms with van der Waals surface area (Å²) < 4.78 is 38.1. The summed E-state index contributed by atoms with van der Waals surface area (Å²) >= 11 is 0. The lowest BCUT2D eigenvalue weighted by atomic mass is 10.0. The fourth-order valence-corrected chi connectivity index (χ4v) is 5.17. The van der Waals surface area contributed by atoms with Crippen LogP contribution >= 0.6 is 0 Å². The van der Waals surface area contributed by atoms with Gasteiger partial charge in [0.25, 0.3) is 10.0 Å². The molecule has 1 aliphatic rings. The predicted octanol–water partition coefficient (Wildman–Crippen LogP) is 3.65. The summed E-state index contributed by atoms with van der Waals surface area (Å²) in [4.78, 5) is 6.75. The van der Waals surface area contributed by atoms with Crippen LogP contribution in [0, 0.1) is 0 Å². The summed E-state index contributed by atoms with van der Waals surface area (Å²) in [5.41, 5.74) is 4.03. The zero-order valence-electron chi connectivity index (χ0n) is 19.0. The number of rotatable bonds is 5. The van der Waals surface area contributed by atoms with Gasteiger partial charge in [0.2, 0.25) is 0 Å². The molecule has 0 spiro atoms. The molecule has 4 heterocycles. The molecule has 33 heavy (non-hydrogen) atoms. The number of hydrogen-bond donors (Lipinski definition) is 1. The number of aryl methyl sites for hydroxylation is 1. The van der Waals surface area contributed by atoms with Crippen LogP contribution in [-0.4, -0.2) is 47.9 Å². The van der Waals surface area contributed by atoms with Gasteiger partial charge < -0.3 is 14.2 Å². The summed E-state index contributed by atoms with van der Waals surface area (Å²) in [6.07, 6.45) is 5.26. The third-order valence-corrected chi connectivity index (χ3v) is 7.10. The lowest BCUT2D eigenvalue weighted by Crippen LogP contribution is -2.28. The van der Waals surface area contributed by atoms with Crippen molar-refractivity contribution >= 4 is 32.4 Å². The van der Waals surface area contributed by atoms with E-state index in [4.69, 9.17) is 4.74 Å². The topological polar surface area (TPSA) is 94.3 Å². The van der Waals surface area contributed by atoms with Gasteiger partial charge in [-0.1, -0.05) is 6.07 Å². The lowest BCUT2D eigenvalue weighted by Gasteiger charge is -2.28. The Morgan fingerprint density at radius 3 is 2.70 bits per heavy atom. The Labute approximate surface area is 192 Å². The molecule has 1 aliphatic heterocycles. The molecule has 3 aromatic heterocycles. The van der Waals surface area contributed by atoms with Crippen LogP contribution in [0.25, 0.3) is 22.2 Å². The third kappa shape index (κ3) is 3.70. The number of benzene rings is 1. The van der Waals surface area contributed by atoms with Crippen LogP contribution in [0.4, 0.5) is 11.4 Å². The number of fused-ring (bicyclic) bond motifs is 2. The van der Waals surface area contributed by atoms with Crippen molar-refractivity contribution in [2.45, 2.75) is 24.9 Å². The Balaban J connectivity index is 1.69. The molecule has 1 N–H and O–H groups in total. The highest BCUT2D eigenvalue weighted by Crippen LogP contribution is 2.40. The molecule has 0 fully saturated rings. The van der Waals surface area contributed by atoms with Crippen LogP contribution < -0.4 is 14.4 Å². The molecular formula is C23H26N6O3S. The van der Waals surface area contributed by atoms with Gasteiger partial charge in [-0.25, -0.2) is 4.98 Å². The highest BCUT2D eigenvalue weighted by Gasteiger charge is 2.23. The Morgan fingerprint density at radius 2 is 1.97 bits per heavy atom. The molecular weight excluding hydrogens is 440 g/mol. The number of anilines is 2. The van der Waals surface area contributed by atoms with E-state index in [9.17, 15) is 8.42 Å². The number of ether oxygens (including phenoxy) is 1. The van der Waals surface area contributed by atoms with E-state index in [0.717, 1.165) is 34.5 Å². The minimum Gasteiger partial charge on any atom is -0.490 e. The molecule has 0 unspecified atom stereocenters. The van der Waals surface area contributed by atoms with Gasteiger partial charge in [-0.15, -0.1) is 0 Å². The summed E-state index contributed by atoms with van der Waals surface area (Å²) in [7, 11) is -0.144. The van der Waals surface area contributed by atoms with Gasteiger partial charge in [-0.05, 0) is 43.7 Å². The second-order valence-corrected chi connectivity index (χ2v) is 10.1. The van der Waals surface area contributed by atoms with Crippen LogP contribution in [-0.2, 0) is 17.1 Å². The summed E-state index contributed by atoms with van der Waals surface area (Å²) in [6.45, 7) is 5.61. The van der Waals surface area contributed by atoms with Gasteiger partial charge in [-0.2, -0.15) is 13.5 Å². The molecule has 0 amide bonds. The van der Waals surface area contributed by atoms with E-state index in [2.05, 4.69) is 44.2 Å². The Kier molecular flexibility index (Phi) is 5.04. The second-order valence-electron chi connectivity index (χ2n) is 8.49. The summed E-state index contributed by atoms with van der Waals surface area (Å²) in [6, 6.07) is 9.34. The number of likely N-dealkylation sites (N-methyl/N-ethyl adjacent to an activating group) is 1. The van der Waals surface area contributed by atoms with Crippen molar-refractivity contribution in [2.24, 2.45) is 7.05 Å². The first-order valence-corrected chi connectivity index (χ1v) is 12.2. The molecule has 5 rings (SSSR count). The lowest BCUT2D eigenvalue weighted by molar-refractivity contribution is 0.311. The fraction of sp³-hybridized carbons (Fsp3) is 0.304. The van der Waals surface area contributed by atoms with E-state index < -0.39 is 10.0 Å². The molecule has 1 aromatic carbocycles. The van der Waals surface area contributed by atoms with Gasteiger partial charge in [0.05, 0.1) is 23.3 Å². The van der Waals surface area contributed by atoms with Crippen molar-refractivity contribution in [2.75, 3.05) is 29.8 Å². The van der Waals surface area contributed by atoms with Crippen LogP contribution in [0.3, 0.4) is 0 Å². The van der Waals surface area contributed by atoms with Gasteiger partial charge in [0.15, 0.2) is 5.03 Å². The van der Waals surface area contributed by atoms with Crippen LogP contribution in [0.5, 0.6) is 5.75 Å². The Morgan fingerprint density at radius 1 is 1.15 bits per heavy atom. The number of nitrogens with zero attached hydrogens (tertiary/aromatic N) is 5. The van der Waals surface area contributed by atoms with E-state index in [1.165, 1.54) is 10.7 Å². The number of hydrogen-bond acceptors (Lipinski definition) is 6. The van der Waals surface area contributed by atoms with Crippen LogP contribution in [0.1, 0.15) is 19.9 Å². The van der Waals surface area contributed by atoms with Crippen LogP contribution in [0.15, 0.2) is 53.9 Å². The van der Waals surface area contributed by atoms with Gasteiger partial charge in [0, 0.05) is 44.3 Å². The number of aromatic nitrogens is 4. The van der Waals surface area contributed by atoms with Crippen molar-refractivity contribution in [3.05, 3.63) is 48.9 Å². The molecule has 0 aliphatic carbocycles. The third-order valence-electron chi connectivity index (χ3n) is 5.84. The smallest absolute Gasteiger partial charge is 0.281 e. The highest BCUT2D eigenvalue weighted by molar-refractivity contribution is 7.92. The minimum absolute atomic E-state index is 0.0349. The summed E-state index contributed by atoms with van der Waals surface area (Å²) in [5.74, 6) is 0.842. The number of pyridine rings is 1. The zero-order chi connectivity index (χ0) is 23.3. The van der Waals surface area contributed by atoms with Crippen molar-refractivity contribution in [3.63, 3.8) is 0 Å². The molecule has 172 valence electrons. The maximum absolute atomic E-state index is 13.0. The first-order valence-electron chi connectivity index (χ1n) is 10.7. The largest absolute Gasteiger partial charge is 0.490 e. The fourth-order valence-electron chi connectivity index (χ4n) is 4.13. The molecule has 0 radical (unpaired) electrons. The van der Waals surface area contributed by atoms with Gasteiger partial charge in [0.1, 0.15) is 18.0 Å². The maximum Gasteiger partial charge on any atom is 0.281 e. The van der Waals surface area contributed by atoms with E-state index in [0.29, 0.717) is 17.9 Å². The average Bonchev–Trinajstić information content (AvgIpc) is 3.39. The SMILES string of the molecule is CC(C)n1cc(-c2ccc3c(c2)N(C)CCO3)c2c(NS(=O)(=O)c3ccn(C)n3)ccnc21. The van der Waals surface area contributed by atoms with Crippen molar-refractivity contribution < 1.29 is 13.2 Å². The molecule has 9 nitrogen and oxygen atoms in total. The standard InChI is InChI=1S/C23H26N6O3S/c1-15(2)29-14-17(16-5-6-20-19(13-16)27(3)11-12-32-20)22-18(7-9-24-23(22)29)26-33(30,31)21-8-10-28(4)25-21/h5-10,13-15H,11-12H2,1-4H3,(H,24,26). The first kappa shape index (κ1) is 21.3. The number of sulfonamides is 1. The molecule has 0 saturated heterocycles. The maximum atomic E-state index is 13.0. The molecule has 0 bridgehead atoms. The van der Waals surface area contributed by atoms with E-state index in [1.54, 1.807) is 25.5 Å². The molecule has 0 atom stereocenters. The minimum atomic E-state index is -3.86. The number of nitrogens with one attached hydrogen (secondary N) is 1. The van der Waals surface area contributed by atoms with E-state index in [1.807, 2.05) is 25.4 Å². The normalized spacial score (nSPS) is 13.9. The zero-order valence-corrected chi connectivity index (χ0v) is 19.8. The van der Waals surface area contributed by atoms with Crippen molar-refractivity contribution in [3.8, 4) is 16.9 Å². The molecule has 10 heteroatoms. The predicted molar refractivity (Wildman–Crippen MR) is 128 cm³/mol. The Bertz CT molecular complexity index is 1450. The van der Waals surface area contributed by atoms with E-state index in [-0.39, 0.29) is 11.1 Å². The Hall–Kier alpha value is -3.53. The van der Waals surface area contributed by atoms with Gasteiger partial charge in [-0.3, -0.25) is 9.40 Å². The monoisotopic (exact) mass is 466 g/mol. The van der Waals surface area contributed by atoms with Gasteiger partial charge >= 0.3 is 0 Å². The first-order chi connectivity index (χ1) is 15.7. The quantitative estimate of drug-likeness (QED) is 0.483. The van der Waals surface area contributed by atoms with Crippen LogP contribution in [0.2, 0.25) is 0 Å². The second kappa shape index (κ2) is 7.80. The molecule has 4 aromatic rings. The average molecular weight is 467 g/mol. The molecule has 0 saturated carbocycles. The highest BCUT2D eigenvalue weighted by atomic mass is 32.2. The summed E-state index contributed by atoms with van der Waals surface area (Å²) in [5, 5.41) is 4.76.